The van der Waals surface area contributed by atoms with Crippen molar-refractivity contribution in [3.05, 3.63) is 60.2 Å². The Hall–Kier alpha value is -2.48. The Balaban J connectivity index is 2.21. The molecule has 2 rings (SSSR count). The van der Waals surface area contributed by atoms with Gasteiger partial charge in [-0.2, -0.15) is 0 Å². The zero-order chi connectivity index (χ0) is 19.3. The number of nitrogens with zero attached hydrogens (tertiary/aromatic N) is 2. The summed E-state index contributed by atoms with van der Waals surface area (Å²) in [5.41, 5.74) is 0.406. The van der Waals surface area contributed by atoms with Crippen molar-refractivity contribution in [3.8, 4) is 0 Å². The maximum Gasteiger partial charge on any atom is 0.232 e. The molecule has 8 heteroatoms. The van der Waals surface area contributed by atoms with Crippen molar-refractivity contribution in [2.75, 3.05) is 28.6 Å². The largest absolute Gasteiger partial charge is 0.313 e. The molecule has 0 saturated carbocycles. The van der Waals surface area contributed by atoms with Crippen molar-refractivity contribution in [3.63, 3.8) is 0 Å². The molecule has 26 heavy (non-hydrogen) atoms. The third-order valence-corrected chi connectivity index (χ3v) is 4.97. The number of hydrogen-bond donors (Lipinski definition) is 0. The van der Waals surface area contributed by atoms with Crippen LogP contribution in [0.1, 0.15) is 13.3 Å². The number of benzene rings is 2. The highest BCUT2D eigenvalue weighted by Gasteiger charge is 2.23. The van der Waals surface area contributed by atoms with Crippen LogP contribution in [0.3, 0.4) is 0 Å². The van der Waals surface area contributed by atoms with Gasteiger partial charge in [0.1, 0.15) is 11.6 Å². The number of carbonyl (C=O) groups excluding carboxylic acids is 1. The van der Waals surface area contributed by atoms with Crippen molar-refractivity contribution in [1.82, 2.24) is 0 Å². The smallest absolute Gasteiger partial charge is 0.232 e. The minimum absolute atomic E-state index is 0.146. The number of rotatable bonds is 7. The van der Waals surface area contributed by atoms with E-state index in [9.17, 15) is 22.0 Å². The molecule has 0 saturated heterocycles. The average Bonchev–Trinajstić information content (AvgIpc) is 2.57. The van der Waals surface area contributed by atoms with Crippen LogP contribution < -0.4 is 9.21 Å². The molecule has 140 valence electrons. The van der Waals surface area contributed by atoms with Crippen molar-refractivity contribution >= 4 is 27.3 Å². The predicted molar refractivity (Wildman–Crippen MR) is 97.6 cm³/mol. The van der Waals surface area contributed by atoms with E-state index in [-0.39, 0.29) is 24.6 Å². The van der Waals surface area contributed by atoms with Crippen LogP contribution in [0.15, 0.2) is 48.5 Å². The van der Waals surface area contributed by atoms with Gasteiger partial charge in [-0.1, -0.05) is 18.2 Å². The van der Waals surface area contributed by atoms with Crippen LogP contribution in [0.5, 0.6) is 0 Å². The SMILES string of the molecule is CCN(C(=O)CCN(c1ccc(F)cc1F)S(C)(=O)=O)c1ccccc1. The zero-order valence-electron chi connectivity index (χ0n) is 14.5. The number of para-hydroxylation sites is 1. The fourth-order valence-corrected chi connectivity index (χ4v) is 3.52. The number of anilines is 2. The number of halogens is 2. The molecule has 0 N–H and O–H groups in total. The summed E-state index contributed by atoms with van der Waals surface area (Å²) in [6.07, 6.45) is 0.766. The minimum Gasteiger partial charge on any atom is -0.313 e. The highest BCUT2D eigenvalue weighted by Crippen LogP contribution is 2.23. The quantitative estimate of drug-likeness (QED) is 0.739. The van der Waals surface area contributed by atoms with Crippen LogP contribution in [0.2, 0.25) is 0 Å². The first-order valence-corrected chi connectivity index (χ1v) is 9.87. The van der Waals surface area contributed by atoms with E-state index in [0.29, 0.717) is 18.3 Å². The third-order valence-electron chi connectivity index (χ3n) is 3.79. The Labute approximate surface area is 151 Å². The molecular formula is C18H20F2N2O3S. The molecule has 0 aliphatic heterocycles. The molecule has 0 aromatic heterocycles. The second-order valence-corrected chi connectivity index (χ2v) is 7.56. The summed E-state index contributed by atoms with van der Waals surface area (Å²) in [6.45, 7) is 1.97. The number of carbonyl (C=O) groups is 1. The summed E-state index contributed by atoms with van der Waals surface area (Å²) in [7, 11) is -3.85. The first-order chi connectivity index (χ1) is 12.2. The molecule has 0 heterocycles. The fourth-order valence-electron chi connectivity index (χ4n) is 2.59. The summed E-state index contributed by atoms with van der Waals surface area (Å²) in [6, 6.07) is 11.6. The van der Waals surface area contributed by atoms with Crippen LogP contribution in [0.4, 0.5) is 20.2 Å². The average molecular weight is 382 g/mol. The van der Waals surface area contributed by atoms with E-state index in [1.54, 1.807) is 31.2 Å². The molecule has 0 spiro atoms. The molecule has 0 aliphatic rings. The summed E-state index contributed by atoms with van der Waals surface area (Å²) in [5.74, 6) is -2.11. The van der Waals surface area contributed by atoms with Gasteiger partial charge in [-0.3, -0.25) is 9.10 Å². The van der Waals surface area contributed by atoms with Crippen LogP contribution in [-0.2, 0) is 14.8 Å². The highest BCUT2D eigenvalue weighted by atomic mass is 32.2. The second kappa shape index (κ2) is 8.27. The molecule has 5 nitrogen and oxygen atoms in total. The molecule has 1 amide bonds. The Kier molecular flexibility index (Phi) is 6.31. The molecule has 0 unspecified atom stereocenters. The molecule has 0 radical (unpaired) electrons. The molecule has 0 atom stereocenters. The van der Waals surface area contributed by atoms with Gasteiger partial charge in [0.25, 0.3) is 0 Å². The lowest BCUT2D eigenvalue weighted by molar-refractivity contribution is -0.118. The highest BCUT2D eigenvalue weighted by molar-refractivity contribution is 7.92. The summed E-state index contributed by atoms with van der Waals surface area (Å²) in [4.78, 5) is 14.0. The van der Waals surface area contributed by atoms with E-state index >= 15 is 0 Å². The van der Waals surface area contributed by atoms with Crippen LogP contribution in [0, 0.1) is 11.6 Å². The van der Waals surface area contributed by atoms with Gasteiger partial charge in [0, 0.05) is 31.3 Å². The summed E-state index contributed by atoms with van der Waals surface area (Å²) < 4.78 is 51.9. The molecule has 0 fully saturated rings. The van der Waals surface area contributed by atoms with E-state index in [1.807, 2.05) is 6.07 Å². The standard InChI is InChI=1S/C18H20F2N2O3S/c1-3-21(15-7-5-4-6-8-15)18(23)11-12-22(26(2,24)25)17-10-9-14(19)13-16(17)20/h4-10,13H,3,11-12H2,1-2H3. The summed E-state index contributed by atoms with van der Waals surface area (Å²) in [5, 5.41) is 0. The van der Waals surface area contributed by atoms with Crippen molar-refractivity contribution < 1.29 is 22.0 Å². The van der Waals surface area contributed by atoms with E-state index in [4.69, 9.17) is 0 Å². The van der Waals surface area contributed by atoms with Crippen LogP contribution in [0.25, 0.3) is 0 Å². The molecule has 2 aromatic carbocycles. The van der Waals surface area contributed by atoms with Gasteiger partial charge in [-0.15, -0.1) is 0 Å². The van der Waals surface area contributed by atoms with Gasteiger partial charge in [0.05, 0.1) is 11.9 Å². The Morgan fingerprint density at radius 3 is 2.27 bits per heavy atom. The topological polar surface area (TPSA) is 57.7 Å². The first kappa shape index (κ1) is 19.8. The third kappa shape index (κ3) is 4.78. The van der Waals surface area contributed by atoms with Gasteiger partial charge in [0.2, 0.25) is 15.9 Å². The normalized spacial score (nSPS) is 11.2. The molecule has 2 aromatic rings. The maximum atomic E-state index is 14.0. The van der Waals surface area contributed by atoms with E-state index < -0.39 is 21.7 Å². The molecule has 0 bridgehead atoms. The number of sulfonamides is 1. The van der Waals surface area contributed by atoms with E-state index in [2.05, 4.69) is 0 Å². The Bertz CT molecular complexity index is 873. The minimum atomic E-state index is -3.85. The predicted octanol–water partition coefficient (Wildman–Crippen LogP) is 3.17. The lowest BCUT2D eigenvalue weighted by atomic mass is 10.2. The van der Waals surface area contributed by atoms with Crippen molar-refractivity contribution in [2.45, 2.75) is 13.3 Å². The Morgan fingerprint density at radius 2 is 1.73 bits per heavy atom. The second-order valence-electron chi connectivity index (χ2n) is 5.65. The van der Waals surface area contributed by atoms with Gasteiger partial charge < -0.3 is 4.90 Å². The van der Waals surface area contributed by atoms with E-state index in [0.717, 1.165) is 22.7 Å². The molecular weight excluding hydrogens is 362 g/mol. The monoisotopic (exact) mass is 382 g/mol. The van der Waals surface area contributed by atoms with Gasteiger partial charge >= 0.3 is 0 Å². The van der Waals surface area contributed by atoms with Crippen LogP contribution >= 0.6 is 0 Å². The fraction of sp³-hybridized carbons (Fsp3) is 0.278. The van der Waals surface area contributed by atoms with Crippen molar-refractivity contribution in [1.29, 1.82) is 0 Å². The van der Waals surface area contributed by atoms with Crippen molar-refractivity contribution in [2.24, 2.45) is 0 Å². The Morgan fingerprint density at radius 1 is 1.08 bits per heavy atom. The number of amides is 1. The lowest BCUT2D eigenvalue weighted by Gasteiger charge is -2.25. The lowest BCUT2D eigenvalue weighted by Crippen LogP contribution is -2.37. The maximum absolute atomic E-state index is 14.0. The molecule has 0 aliphatic carbocycles. The van der Waals surface area contributed by atoms with Gasteiger partial charge in [-0.05, 0) is 31.2 Å². The van der Waals surface area contributed by atoms with Gasteiger partial charge in [-0.25, -0.2) is 17.2 Å². The van der Waals surface area contributed by atoms with E-state index in [1.165, 1.54) is 4.90 Å². The first-order valence-electron chi connectivity index (χ1n) is 8.02. The van der Waals surface area contributed by atoms with Gasteiger partial charge in [0.15, 0.2) is 0 Å². The number of hydrogen-bond acceptors (Lipinski definition) is 3. The van der Waals surface area contributed by atoms with Crippen LogP contribution in [-0.4, -0.2) is 33.7 Å². The summed E-state index contributed by atoms with van der Waals surface area (Å²) >= 11 is 0. The zero-order valence-corrected chi connectivity index (χ0v) is 15.3.